The van der Waals surface area contributed by atoms with E-state index in [9.17, 15) is 13.2 Å². The number of hydrogen-bond donors (Lipinski definition) is 1. The van der Waals surface area contributed by atoms with Crippen molar-refractivity contribution >= 4 is 5.82 Å². The van der Waals surface area contributed by atoms with Crippen molar-refractivity contribution < 1.29 is 20.6 Å². The molecule has 3 fully saturated rings. The van der Waals surface area contributed by atoms with Crippen molar-refractivity contribution in [3.05, 3.63) is 36.2 Å². The molecule has 0 aromatic carbocycles. The molecule has 172 valence electrons. The normalized spacial score (nSPS) is 30.0. The summed E-state index contributed by atoms with van der Waals surface area (Å²) >= 11 is 0. The molecule has 4 heterocycles. The fourth-order valence-electron chi connectivity index (χ4n) is 5.22. The molecule has 9 heteroatoms. The summed E-state index contributed by atoms with van der Waals surface area (Å²) in [5.74, 6) is 1.27. The molecule has 2 aromatic heterocycles. The number of pyridine rings is 1. The first-order valence-corrected chi connectivity index (χ1v) is 11.2. The second-order valence-corrected chi connectivity index (χ2v) is 8.98. The van der Waals surface area contributed by atoms with Gasteiger partial charge in [-0.2, -0.15) is 13.2 Å². The minimum Gasteiger partial charge on any atom is -0.381 e. The Morgan fingerprint density at radius 1 is 1.16 bits per heavy atom. The summed E-state index contributed by atoms with van der Waals surface area (Å²) in [5.41, 5.74) is -0.946. The van der Waals surface area contributed by atoms with Gasteiger partial charge in [-0.1, -0.05) is 0 Å². The molecular formula is C23H28F3N5O. The number of likely N-dealkylation sites (tertiary alicyclic amines) is 1. The van der Waals surface area contributed by atoms with Crippen LogP contribution in [0.3, 0.4) is 0 Å². The molecular weight excluding hydrogens is 419 g/mol. The van der Waals surface area contributed by atoms with Gasteiger partial charge in [0, 0.05) is 46.7 Å². The van der Waals surface area contributed by atoms with E-state index in [4.69, 9.17) is 7.48 Å². The molecule has 2 aromatic rings. The highest BCUT2D eigenvalue weighted by Gasteiger charge is 2.41. The van der Waals surface area contributed by atoms with Gasteiger partial charge in [0.15, 0.2) is 5.69 Å². The summed E-state index contributed by atoms with van der Waals surface area (Å²) in [5, 5.41) is 11.5. The number of nitrogens with zero attached hydrogens (tertiary/aromatic N) is 4. The molecule has 1 unspecified atom stereocenters. The number of nitrogens with one attached hydrogen (secondary N) is 1. The summed E-state index contributed by atoms with van der Waals surface area (Å²) in [6, 6.07) is 6.15. The summed E-state index contributed by atoms with van der Waals surface area (Å²) < 4.78 is 62.6. The molecule has 1 saturated carbocycles. The Labute approximate surface area is 188 Å². The van der Waals surface area contributed by atoms with Crippen LogP contribution >= 0.6 is 0 Å². The average molecular weight is 450 g/mol. The van der Waals surface area contributed by atoms with Gasteiger partial charge < -0.3 is 15.0 Å². The number of anilines is 1. The van der Waals surface area contributed by atoms with E-state index >= 15 is 0 Å². The Hall–Kier alpha value is -2.26. The lowest BCUT2D eigenvalue weighted by Crippen LogP contribution is -2.33. The lowest BCUT2D eigenvalue weighted by molar-refractivity contribution is -0.140. The number of ether oxygens (including phenoxy) is 1. The van der Waals surface area contributed by atoms with Gasteiger partial charge in [0.25, 0.3) is 0 Å². The minimum atomic E-state index is -4.57. The maximum Gasteiger partial charge on any atom is 0.434 e. The second-order valence-electron chi connectivity index (χ2n) is 8.98. The van der Waals surface area contributed by atoms with Gasteiger partial charge in [-0.3, -0.25) is 4.98 Å². The van der Waals surface area contributed by atoms with E-state index in [1.807, 2.05) is 4.90 Å². The Balaban J connectivity index is 1.19. The first-order valence-electron chi connectivity index (χ1n) is 12.2. The van der Waals surface area contributed by atoms with Crippen molar-refractivity contribution in [2.75, 3.05) is 38.1 Å². The molecule has 3 aliphatic rings. The summed E-state index contributed by atoms with van der Waals surface area (Å²) in [7, 11) is 0. The largest absolute Gasteiger partial charge is 0.434 e. The first-order chi connectivity index (χ1) is 16.2. The highest BCUT2D eigenvalue weighted by Crippen LogP contribution is 2.40. The fraction of sp³-hybridized carbons (Fsp3) is 0.609. The maximum absolute atomic E-state index is 13.2. The number of fused-ring (bicyclic) bond motifs is 1. The van der Waals surface area contributed by atoms with Crippen molar-refractivity contribution in [1.82, 2.24) is 20.1 Å². The zero-order valence-corrected chi connectivity index (χ0v) is 17.7. The van der Waals surface area contributed by atoms with Crippen LogP contribution in [0.4, 0.5) is 19.0 Å². The van der Waals surface area contributed by atoms with Crippen molar-refractivity contribution in [2.24, 2.45) is 17.8 Å². The number of halogens is 3. The van der Waals surface area contributed by atoms with Gasteiger partial charge in [-0.05, 0) is 67.7 Å². The van der Waals surface area contributed by atoms with Gasteiger partial charge in [-0.15, -0.1) is 10.2 Å². The van der Waals surface area contributed by atoms with Crippen LogP contribution in [0.1, 0.15) is 34.1 Å². The second kappa shape index (κ2) is 8.94. The summed E-state index contributed by atoms with van der Waals surface area (Å²) in [4.78, 5) is 5.47. The molecule has 0 radical (unpaired) electrons. The topological polar surface area (TPSA) is 63.2 Å². The van der Waals surface area contributed by atoms with E-state index in [0.717, 1.165) is 51.6 Å². The van der Waals surface area contributed by atoms with Gasteiger partial charge in [-0.25, -0.2) is 0 Å². The van der Waals surface area contributed by atoms with Crippen LogP contribution in [0, 0.1) is 17.8 Å². The highest BCUT2D eigenvalue weighted by atomic mass is 19.4. The van der Waals surface area contributed by atoms with E-state index in [0.29, 0.717) is 24.3 Å². The smallest absolute Gasteiger partial charge is 0.381 e. The van der Waals surface area contributed by atoms with Crippen molar-refractivity contribution in [3.63, 3.8) is 0 Å². The maximum atomic E-state index is 13.2. The third kappa shape index (κ3) is 4.73. The van der Waals surface area contributed by atoms with E-state index < -0.39 is 18.4 Å². The Kier molecular flexibility index (Phi) is 5.37. The molecule has 0 bridgehead atoms. The summed E-state index contributed by atoms with van der Waals surface area (Å²) in [6.45, 7) is 1.33. The SMILES string of the molecule is [2H]C([2H])([C@H]1CCCOC1)N1C[C@H]2CC(Nc3ccc(-c4cccnc4C(F)(F)F)nn3)C[C@H]2C1. The first kappa shape index (κ1) is 19.2. The number of hydrogen-bond acceptors (Lipinski definition) is 6. The van der Waals surface area contributed by atoms with Crippen LogP contribution in [0.25, 0.3) is 11.3 Å². The number of rotatable bonds is 5. The van der Waals surface area contributed by atoms with Crippen molar-refractivity contribution in [2.45, 2.75) is 37.9 Å². The van der Waals surface area contributed by atoms with Crippen molar-refractivity contribution in [3.8, 4) is 11.3 Å². The van der Waals surface area contributed by atoms with Crippen LogP contribution in [-0.4, -0.2) is 58.9 Å². The fourth-order valence-corrected chi connectivity index (χ4v) is 5.22. The predicted octanol–water partition coefficient (Wildman–Crippen LogP) is 4.11. The van der Waals surface area contributed by atoms with Crippen LogP contribution in [0.2, 0.25) is 0 Å². The Bertz CT molecular complexity index is 987. The molecule has 0 amide bonds. The van der Waals surface area contributed by atoms with Gasteiger partial charge in [0.1, 0.15) is 5.82 Å². The van der Waals surface area contributed by atoms with Gasteiger partial charge >= 0.3 is 6.18 Å². The van der Waals surface area contributed by atoms with E-state index in [1.165, 1.54) is 18.2 Å². The Morgan fingerprint density at radius 3 is 2.62 bits per heavy atom. The number of alkyl halides is 3. The number of aromatic nitrogens is 3. The molecule has 6 nitrogen and oxygen atoms in total. The van der Waals surface area contributed by atoms with E-state index in [-0.39, 0.29) is 23.2 Å². The van der Waals surface area contributed by atoms with E-state index in [1.54, 1.807) is 6.07 Å². The lowest BCUT2D eigenvalue weighted by Gasteiger charge is -2.27. The van der Waals surface area contributed by atoms with E-state index in [2.05, 4.69) is 20.5 Å². The zero-order valence-electron chi connectivity index (χ0n) is 19.7. The van der Waals surface area contributed by atoms with Crippen LogP contribution in [-0.2, 0) is 10.9 Å². The molecule has 0 spiro atoms. The third-order valence-electron chi connectivity index (χ3n) is 6.65. The predicted molar refractivity (Wildman–Crippen MR) is 114 cm³/mol. The molecule has 5 rings (SSSR count). The quantitative estimate of drug-likeness (QED) is 0.742. The average Bonchev–Trinajstić information content (AvgIpc) is 3.39. The van der Waals surface area contributed by atoms with Crippen LogP contribution in [0.15, 0.2) is 30.5 Å². The lowest BCUT2D eigenvalue weighted by atomic mass is 10.0. The summed E-state index contributed by atoms with van der Waals surface area (Å²) in [6.07, 6.45) is 0.133. The molecule has 2 aliphatic heterocycles. The monoisotopic (exact) mass is 449 g/mol. The van der Waals surface area contributed by atoms with Crippen LogP contribution < -0.4 is 5.32 Å². The molecule has 2 saturated heterocycles. The highest BCUT2D eigenvalue weighted by molar-refractivity contribution is 5.62. The van der Waals surface area contributed by atoms with Gasteiger partial charge in [0.05, 0.1) is 12.3 Å². The zero-order chi connectivity index (χ0) is 23.9. The van der Waals surface area contributed by atoms with Crippen LogP contribution in [0.5, 0.6) is 0 Å². The standard InChI is InChI=1S/C23H28F3N5O/c24-23(25,26)22-19(4-1-7-27-22)20-5-6-21(30-29-20)28-18-9-16-12-31(13-17(16)10-18)11-15-3-2-8-32-14-15/h1,4-7,15-18H,2-3,8-14H2,(H,28,30)/t15-,16-,17+,18?/m1/s1/i11D2. The Morgan fingerprint density at radius 2 is 1.97 bits per heavy atom. The molecule has 1 N–H and O–H groups in total. The van der Waals surface area contributed by atoms with Gasteiger partial charge in [0.2, 0.25) is 0 Å². The molecule has 1 aliphatic carbocycles. The minimum absolute atomic E-state index is 0.0829. The molecule has 4 atom stereocenters. The molecule has 32 heavy (non-hydrogen) atoms. The van der Waals surface area contributed by atoms with Crippen molar-refractivity contribution in [1.29, 1.82) is 0 Å². The third-order valence-corrected chi connectivity index (χ3v) is 6.65.